The molecule has 1 aliphatic heterocycles. The molecule has 9 nitrogen and oxygen atoms in total. The van der Waals surface area contributed by atoms with Crippen LogP contribution in [0.1, 0.15) is 42.6 Å². The van der Waals surface area contributed by atoms with Gasteiger partial charge in [-0.15, -0.1) is 0 Å². The Kier molecular flexibility index (Phi) is 5.42. The molecule has 0 spiro atoms. The number of halogens is 1. The summed E-state index contributed by atoms with van der Waals surface area (Å²) in [6.45, 7) is 3.62. The van der Waals surface area contributed by atoms with Gasteiger partial charge in [0.15, 0.2) is 11.6 Å². The Hall–Kier alpha value is -3.01. The summed E-state index contributed by atoms with van der Waals surface area (Å²) in [6, 6.07) is 1.20. The molecule has 1 saturated heterocycles. The predicted molar refractivity (Wildman–Crippen MR) is 114 cm³/mol. The Morgan fingerprint density at radius 3 is 2.84 bits per heavy atom. The summed E-state index contributed by atoms with van der Waals surface area (Å²) >= 11 is 0. The number of nitrogens with zero attached hydrogens (tertiary/aromatic N) is 4. The van der Waals surface area contributed by atoms with Crippen molar-refractivity contribution in [2.75, 3.05) is 38.7 Å². The van der Waals surface area contributed by atoms with E-state index in [2.05, 4.69) is 15.5 Å². The van der Waals surface area contributed by atoms with Crippen molar-refractivity contribution in [2.24, 2.45) is 10.6 Å². The molecule has 1 aliphatic carbocycles. The van der Waals surface area contributed by atoms with Gasteiger partial charge >= 0.3 is 5.97 Å². The summed E-state index contributed by atoms with van der Waals surface area (Å²) in [7, 11) is 3.35. The number of hydrogen-bond donors (Lipinski definition) is 2. The number of carboxylic acids is 1. The van der Waals surface area contributed by atoms with Crippen LogP contribution in [-0.4, -0.2) is 60.1 Å². The van der Waals surface area contributed by atoms with Gasteiger partial charge in [-0.2, -0.15) is 0 Å². The van der Waals surface area contributed by atoms with Gasteiger partial charge < -0.3 is 24.7 Å². The second-order valence-electron chi connectivity index (χ2n) is 8.46. The number of piperidine rings is 1. The second kappa shape index (κ2) is 7.92. The quantitative estimate of drug-likeness (QED) is 0.674. The van der Waals surface area contributed by atoms with Gasteiger partial charge in [0.05, 0.1) is 11.1 Å². The van der Waals surface area contributed by atoms with Crippen LogP contribution in [0.5, 0.6) is 0 Å². The van der Waals surface area contributed by atoms with E-state index in [0.29, 0.717) is 31.7 Å². The van der Waals surface area contributed by atoms with Crippen LogP contribution >= 0.6 is 0 Å². The SMILES string of the molecule is CNCC1(C)CN(c2nc3c(cc2F)c(=O)c(C(=O)O)cn3C2CC2)CC/C1=N\OC. The van der Waals surface area contributed by atoms with Crippen molar-refractivity contribution in [2.45, 2.75) is 32.2 Å². The van der Waals surface area contributed by atoms with E-state index < -0.39 is 22.6 Å². The second-order valence-corrected chi connectivity index (χ2v) is 8.46. The average Bonchev–Trinajstić information content (AvgIpc) is 3.55. The van der Waals surface area contributed by atoms with Crippen molar-refractivity contribution in [3.63, 3.8) is 0 Å². The number of anilines is 1. The highest BCUT2D eigenvalue weighted by molar-refractivity contribution is 5.93. The normalized spacial score (nSPS) is 22.8. The minimum absolute atomic E-state index is 0.00956. The monoisotopic (exact) mass is 431 g/mol. The number of rotatable bonds is 6. The molecule has 1 saturated carbocycles. The number of carbonyl (C=O) groups is 1. The Balaban J connectivity index is 1.82. The van der Waals surface area contributed by atoms with Gasteiger partial charge in [-0.25, -0.2) is 14.2 Å². The third-order valence-corrected chi connectivity index (χ3v) is 6.03. The number of fused-ring (bicyclic) bond motifs is 1. The van der Waals surface area contributed by atoms with E-state index in [9.17, 15) is 14.7 Å². The molecule has 1 atom stereocenters. The molecule has 2 aliphatic rings. The molecule has 1 unspecified atom stereocenters. The van der Waals surface area contributed by atoms with Crippen LogP contribution in [0.15, 0.2) is 22.2 Å². The summed E-state index contributed by atoms with van der Waals surface area (Å²) in [4.78, 5) is 35.6. The fourth-order valence-electron chi connectivity index (χ4n) is 4.37. The van der Waals surface area contributed by atoms with Gasteiger partial charge in [0.1, 0.15) is 18.3 Å². The van der Waals surface area contributed by atoms with Crippen LogP contribution < -0.4 is 15.6 Å². The Morgan fingerprint density at radius 2 is 2.23 bits per heavy atom. The number of nitrogens with one attached hydrogen (secondary N) is 1. The first-order chi connectivity index (χ1) is 14.8. The third-order valence-electron chi connectivity index (χ3n) is 6.03. The standard InChI is InChI=1S/C21H26FN5O4/c1-21(10-23-2)11-26(7-6-16(21)25-31-3)19-15(22)8-13-17(28)14(20(29)30)9-27(12-4-5-12)18(13)24-19/h8-9,12,23H,4-7,10-11H2,1-3H3,(H,29,30)/b25-16+. The predicted octanol–water partition coefficient (Wildman–Crippen LogP) is 2.01. The first-order valence-electron chi connectivity index (χ1n) is 10.3. The van der Waals surface area contributed by atoms with E-state index in [4.69, 9.17) is 4.84 Å². The van der Waals surface area contributed by atoms with Crippen molar-refractivity contribution in [1.29, 1.82) is 0 Å². The van der Waals surface area contributed by atoms with Crippen LogP contribution in [-0.2, 0) is 4.84 Å². The number of carboxylic acid groups (broad SMARTS) is 1. The van der Waals surface area contributed by atoms with Gasteiger partial charge in [-0.05, 0) is 26.0 Å². The minimum Gasteiger partial charge on any atom is -0.477 e. The third kappa shape index (κ3) is 3.76. The molecular weight excluding hydrogens is 405 g/mol. The number of oxime groups is 1. The van der Waals surface area contributed by atoms with Gasteiger partial charge in [0.25, 0.3) is 0 Å². The van der Waals surface area contributed by atoms with E-state index in [-0.39, 0.29) is 22.8 Å². The van der Waals surface area contributed by atoms with Crippen LogP contribution in [0.4, 0.5) is 10.2 Å². The lowest BCUT2D eigenvalue weighted by atomic mass is 9.79. The molecule has 0 amide bonds. The topological polar surface area (TPSA) is 109 Å². The van der Waals surface area contributed by atoms with Crippen molar-refractivity contribution < 1.29 is 19.1 Å². The molecule has 2 fully saturated rings. The molecule has 0 aromatic carbocycles. The van der Waals surface area contributed by atoms with Gasteiger partial charge in [0, 0.05) is 43.7 Å². The van der Waals surface area contributed by atoms with Gasteiger partial charge in [0.2, 0.25) is 5.43 Å². The fraction of sp³-hybridized carbons (Fsp3) is 0.524. The van der Waals surface area contributed by atoms with E-state index in [0.717, 1.165) is 24.6 Å². The Morgan fingerprint density at radius 1 is 1.48 bits per heavy atom. The first kappa shape index (κ1) is 21.2. The van der Waals surface area contributed by atoms with Crippen LogP contribution in [0.25, 0.3) is 11.0 Å². The molecular formula is C21H26FN5O4. The maximum absolute atomic E-state index is 15.2. The molecule has 166 valence electrons. The number of aromatic carboxylic acids is 1. The summed E-state index contributed by atoms with van der Waals surface area (Å²) in [6.07, 6.45) is 3.65. The largest absolute Gasteiger partial charge is 0.477 e. The minimum atomic E-state index is -1.32. The molecule has 2 aromatic heterocycles. The summed E-state index contributed by atoms with van der Waals surface area (Å²) < 4.78 is 16.9. The molecule has 0 radical (unpaired) electrons. The molecule has 31 heavy (non-hydrogen) atoms. The Labute approximate surface area is 178 Å². The van der Waals surface area contributed by atoms with E-state index in [1.807, 2.05) is 18.9 Å². The van der Waals surface area contributed by atoms with Crippen molar-refractivity contribution in [1.82, 2.24) is 14.9 Å². The zero-order chi connectivity index (χ0) is 22.3. The van der Waals surface area contributed by atoms with Crippen LogP contribution in [0.2, 0.25) is 0 Å². The zero-order valence-electron chi connectivity index (χ0n) is 17.8. The number of pyridine rings is 2. The summed E-state index contributed by atoms with van der Waals surface area (Å²) in [5.41, 5.74) is -0.266. The highest BCUT2D eigenvalue weighted by atomic mass is 19.1. The zero-order valence-corrected chi connectivity index (χ0v) is 17.8. The lowest BCUT2D eigenvalue weighted by Gasteiger charge is -2.41. The maximum atomic E-state index is 15.2. The molecule has 4 rings (SSSR count). The van der Waals surface area contributed by atoms with Crippen molar-refractivity contribution in [3.8, 4) is 0 Å². The molecule has 2 N–H and O–H groups in total. The van der Waals surface area contributed by atoms with E-state index in [1.165, 1.54) is 13.3 Å². The highest BCUT2D eigenvalue weighted by Crippen LogP contribution is 2.38. The summed E-state index contributed by atoms with van der Waals surface area (Å²) in [5, 5.41) is 16.7. The lowest BCUT2D eigenvalue weighted by Crippen LogP contribution is -2.52. The van der Waals surface area contributed by atoms with Gasteiger partial charge in [-0.1, -0.05) is 12.1 Å². The average molecular weight is 431 g/mol. The number of hydrogen-bond acceptors (Lipinski definition) is 7. The molecule has 3 heterocycles. The maximum Gasteiger partial charge on any atom is 0.341 e. The lowest BCUT2D eigenvalue weighted by molar-refractivity contribution is 0.0695. The molecule has 2 aromatic rings. The van der Waals surface area contributed by atoms with E-state index in [1.54, 1.807) is 4.57 Å². The summed E-state index contributed by atoms with van der Waals surface area (Å²) in [5.74, 6) is -1.81. The fourth-order valence-corrected chi connectivity index (χ4v) is 4.37. The van der Waals surface area contributed by atoms with Crippen molar-refractivity contribution >= 4 is 28.5 Å². The number of aromatic nitrogens is 2. The highest BCUT2D eigenvalue weighted by Gasteiger charge is 2.38. The smallest absolute Gasteiger partial charge is 0.341 e. The van der Waals surface area contributed by atoms with Crippen molar-refractivity contribution in [3.05, 3.63) is 33.9 Å². The first-order valence-corrected chi connectivity index (χ1v) is 10.3. The van der Waals surface area contributed by atoms with E-state index >= 15 is 4.39 Å². The molecule has 0 bridgehead atoms. The van der Waals surface area contributed by atoms with Crippen LogP contribution in [0, 0.1) is 11.2 Å². The molecule has 10 heteroatoms. The van der Waals surface area contributed by atoms with Gasteiger partial charge in [-0.3, -0.25) is 4.79 Å². The Bertz CT molecular complexity index is 1130. The van der Waals surface area contributed by atoms with Crippen LogP contribution in [0.3, 0.4) is 0 Å².